The fourth-order valence-corrected chi connectivity index (χ4v) is 3.19. The first-order valence-electron chi connectivity index (χ1n) is 6.08. The molecule has 2 bridgehead atoms. The van der Waals surface area contributed by atoms with Crippen LogP contribution >= 0.6 is 15.9 Å². The van der Waals surface area contributed by atoms with Crippen LogP contribution < -0.4 is 5.32 Å². The van der Waals surface area contributed by atoms with Crippen LogP contribution in [0.25, 0.3) is 0 Å². The van der Waals surface area contributed by atoms with Crippen molar-refractivity contribution in [1.82, 2.24) is 5.32 Å². The van der Waals surface area contributed by atoms with E-state index in [0.29, 0.717) is 18.2 Å². The molecule has 3 rings (SSSR count). The molecule has 2 heterocycles. The Balaban J connectivity index is 1.59. The van der Waals surface area contributed by atoms with Gasteiger partial charge in [0.25, 0.3) is 0 Å². The van der Waals surface area contributed by atoms with Crippen molar-refractivity contribution in [2.24, 2.45) is 0 Å². The molecule has 2 fully saturated rings. The molecular weight excluding hydrogens is 282 g/mol. The summed E-state index contributed by atoms with van der Waals surface area (Å²) in [6.45, 7) is 0.829. The maximum Gasteiger partial charge on any atom is 0.129 e. The van der Waals surface area contributed by atoms with Crippen LogP contribution in [0.3, 0.4) is 0 Å². The Bertz CT molecular complexity index is 424. The highest BCUT2D eigenvalue weighted by molar-refractivity contribution is 9.10. The third-order valence-corrected chi connectivity index (χ3v) is 4.32. The summed E-state index contributed by atoms with van der Waals surface area (Å²) in [5, 5.41) is 13.0. The Kier molecular flexibility index (Phi) is 3.11. The summed E-state index contributed by atoms with van der Waals surface area (Å²) in [5.41, 5.74) is 1.18. The quantitative estimate of drug-likeness (QED) is 0.901. The molecule has 3 unspecified atom stereocenters. The number of benzene rings is 1. The lowest BCUT2D eigenvalue weighted by Gasteiger charge is -2.20. The predicted octanol–water partition coefficient (Wildman–Crippen LogP) is 2.56. The molecule has 3 nitrogen and oxygen atoms in total. The number of hydrogen-bond donors (Lipinski definition) is 2. The molecule has 1 aromatic rings. The third-order valence-electron chi connectivity index (χ3n) is 3.69. The van der Waals surface area contributed by atoms with E-state index in [1.165, 1.54) is 18.4 Å². The van der Waals surface area contributed by atoms with Crippen LogP contribution in [0.4, 0.5) is 0 Å². The minimum atomic E-state index is 0.289. The number of phenolic OH excluding ortho intramolecular Hbond substituents is 1. The lowest BCUT2D eigenvalue weighted by molar-refractivity contribution is 0.0973. The van der Waals surface area contributed by atoms with Gasteiger partial charge in [-0.15, -0.1) is 0 Å². The lowest BCUT2D eigenvalue weighted by atomic mass is 9.95. The van der Waals surface area contributed by atoms with E-state index in [-0.39, 0.29) is 5.75 Å². The first-order valence-corrected chi connectivity index (χ1v) is 6.88. The summed E-state index contributed by atoms with van der Waals surface area (Å²) in [6.07, 6.45) is 4.48. The van der Waals surface area contributed by atoms with Gasteiger partial charge in [-0.05, 0) is 52.9 Å². The van der Waals surface area contributed by atoms with E-state index >= 15 is 0 Å². The van der Waals surface area contributed by atoms with E-state index in [1.807, 2.05) is 12.1 Å². The van der Waals surface area contributed by atoms with Crippen LogP contribution in [0, 0.1) is 0 Å². The summed E-state index contributed by atoms with van der Waals surface area (Å²) in [4.78, 5) is 0. The number of fused-ring (bicyclic) bond motifs is 2. The Morgan fingerprint density at radius 1 is 1.41 bits per heavy atom. The summed E-state index contributed by atoms with van der Waals surface area (Å²) in [5.74, 6) is 0.289. The maximum absolute atomic E-state index is 9.42. The van der Waals surface area contributed by atoms with Crippen molar-refractivity contribution in [3.05, 3.63) is 28.2 Å². The van der Waals surface area contributed by atoms with Crippen molar-refractivity contribution < 1.29 is 9.84 Å². The summed E-state index contributed by atoms with van der Waals surface area (Å²) in [7, 11) is 0. The molecule has 0 spiro atoms. The average Bonchev–Trinajstić information content (AvgIpc) is 2.92. The minimum Gasteiger partial charge on any atom is -0.507 e. The van der Waals surface area contributed by atoms with Gasteiger partial charge in [0.05, 0.1) is 16.7 Å². The fraction of sp³-hybridized carbons (Fsp3) is 0.538. The number of nitrogens with one attached hydrogen (secondary N) is 1. The number of halogens is 1. The van der Waals surface area contributed by atoms with Gasteiger partial charge in [0.2, 0.25) is 0 Å². The Morgan fingerprint density at radius 2 is 2.29 bits per heavy atom. The highest BCUT2D eigenvalue weighted by Gasteiger charge is 2.40. The molecule has 0 aromatic heterocycles. The van der Waals surface area contributed by atoms with Crippen molar-refractivity contribution in [2.45, 2.75) is 44.1 Å². The number of rotatable bonds is 3. The van der Waals surface area contributed by atoms with E-state index in [9.17, 15) is 5.11 Å². The Labute approximate surface area is 109 Å². The monoisotopic (exact) mass is 297 g/mol. The van der Waals surface area contributed by atoms with Gasteiger partial charge in [0, 0.05) is 12.6 Å². The van der Waals surface area contributed by atoms with E-state index in [4.69, 9.17) is 4.74 Å². The van der Waals surface area contributed by atoms with Crippen LogP contribution in [0.15, 0.2) is 22.7 Å². The molecule has 2 aliphatic heterocycles. The van der Waals surface area contributed by atoms with Crippen LogP contribution in [0.5, 0.6) is 5.75 Å². The molecule has 2 aliphatic rings. The molecule has 0 amide bonds. The number of ether oxygens (including phenoxy) is 1. The standard InChI is InChI=1S/C13H16BrNO2/c14-10-5-8(1-3-12(10)16)7-15-11-6-9-2-4-13(11)17-9/h1,3,5,9,11,13,15-16H,2,4,6-7H2. The first kappa shape index (κ1) is 11.5. The largest absolute Gasteiger partial charge is 0.507 e. The molecule has 17 heavy (non-hydrogen) atoms. The van der Waals surface area contributed by atoms with Gasteiger partial charge in [0.15, 0.2) is 0 Å². The van der Waals surface area contributed by atoms with Gasteiger partial charge in [-0.1, -0.05) is 6.07 Å². The van der Waals surface area contributed by atoms with Crippen LogP contribution in [0.2, 0.25) is 0 Å². The zero-order valence-corrected chi connectivity index (χ0v) is 11.1. The summed E-state index contributed by atoms with van der Waals surface area (Å²) >= 11 is 3.33. The van der Waals surface area contributed by atoms with Gasteiger partial charge < -0.3 is 15.2 Å². The normalized spacial score (nSPS) is 31.0. The highest BCUT2D eigenvalue weighted by atomic mass is 79.9. The molecular formula is C13H16BrNO2. The minimum absolute atomic E-state index is 0.289. The molecule has 92 valence electrons. The van der Waals surface area contributed by atoms with E-state index in [0.717, 1.165) is 17.4 Å². The second-order valence-electron chi connectivity index (χ2n) is 4.88. The molecule has 0 radical (unpaired) electrons. The highest BCUT2D eigenvalue weighted by Crippen LogP contribution is 2.34. The molecule has 2 saturated heterocycles. The second kappa shape index (κ2) is 4.59. The van der Waals surface area contributed by atoms with Crippen molar-refractivity contribution in [3.63, 3.8) is 0 Å². The number of aromatic hydroxyl groups is 1. The zero-order chi connectivity index (χ0) is 11.8. The van der Waals surface area contributed by atoms with E-state index < -0.39 is 0 Å². The maximum atomic E-state index is 9.42. The van der Waals surface area contributed by atoms with Gasteiger partial charge in [-0.3, -0.25) is 0 Å². The Morgan fingerprint density at radius 3 is 2.94 bits per heavy atom. The molecule has 4 heteroatoms. The van der Waals surface area contributed by atoms with Gasteiger partial charge >= 0.3 is 0 Å². The van der Waals surface area contributed by atoms with Crippen LogP contribution in [-0.4, -0.2) is 23.4 Å². The van der Waals surface area contributed by atoms with Crippen LogP contribution in [0.1, 0.15) is 24.8 Å². The Hall–Kier alpha value is -0.580. The summed E-state index contributed by atoms with van der Waals surface area (Å²) < 4.78 is 6.56. The zero-order valence-electron chi connectivity index (χ0n) is 9.53. The SMILES string of the molecule is Oc1ccc(CNC2CC3CCC2O3)cc1Br. The van der Waals surface area contributed by atoms with Crippen LogP contribution in [-0.2, 0) is 11.3 Å². The van der Waals surface area contributed by atoms with E-state index in [2.05, 4.69) is 21.2 Å². The number of hydrogen-bond acceptors (Lipinski definition) is 3. The predicted molar refractivity (Wildman–Crippen MR) is 68.9 cm³/mol. The van der Waals surface area contributed by atoms with Crippen molar-refractivity contribution >= 4 is 15.9 Å². The van der Waals surface area contributed by atoms with Crippen molar-refractivity contribution in [2.75, 3.05) is 0 Å². The molecule has 1 aromatic carbocycles. The lowest BCUT2D eigenvalue weighted by Crippen LogP contribution is -2.36. The van der Waals surface area contributed by atoms with Gasteiger partial charge in [0.1, 0.15) is 5.75 Å². The number of phenols is 1. The molecule has 2 N–H and O–H groups in total. The van der Waals surface area contributed by atoms with Crippen molar-refractivity contribution in [1.29, 1.82) is 0 Å². The third kappa shape index (κ3) is 2.34. The fourth-order valence-electron chi connectivity index (χ4n) is 2.76. The average molecular weight is 298 g/mol. The molecule has 3 atom stereocenters. The van der Waals surface area contributed by atoms with Crippen molar-refractivity contribution in [3.8, 4) is 5.75 Å². The molecule has 0 saturated carbocycles. The second-order valence-corrected chi connectivity index (χ2v) is 5.74. The first-order chi connectivity index (χ1) is 8.22. The smallest absolute Gasteiger partial charge is 0.129 e. The van der Waals surface area contributed by atoms with E-state index in [1.54, 1.807) is 6.07 Å². The van der Waals surface area contributed by atoms with Gasteiger partial charge in [-0.25, -0.2) is 0 Å². The summed E-state index contributed by atoms with van der Waals surface area (Å²) in [6, 6.07) is 6.12. The van der Waals surface area contributed by atoms with Gasteiger partial charge in [-0.2, -0.15) is 0 Å². The topological polar surface area (TPSA) is 41.5 Å². The molecule has 0 aliphatic carbocycles.